The monoisotopic (exact) mass is 295 g/mol. The van der Waals surface area contributed by atoms with Crippen LogP contribution in [0.4, 0.5) is 11.4 Å². The van der Waals surface area contributed by atoms with Gasteiger partial charge in [0.1, 0.15) is 0 Å². The molecule has 3 N–H and O–H groups in total. The first-order valence-electron chi connectivity index (χ1n) is 7.12. The first kappa shape index (κ1) is 15.1. The second-order valence-corrected chi connectivity index (χ2v) is 5.99. The molecule has 0 aromatic heterocycles. The maximum absolute atomic E-state index is 11.9. The Morgan fingerprint density at radius 3 is 2.85 bits per heavy atom. The highest BCUT2D eigenvalue weighted by atomic mass is 35.5. The molecule has 1 heterocycles. The molecule has 110 valence electrons. The molecule has 1 aromatic carbocycles. The SMILES string of the molecule is CC1CCN(CCC(=O)Nc2cc(Cl)ccc2N)CC1. The summed E-state index contributed by atoms with van der Waals surface area (Å²) in [6.45, 7) is 5.27. The van der Waals surface area contributed by atoms with Crippen molar-refractivity contribution in [3.05, 3.63) is 23.2 Å². The number of benzene rings is 1. The molecule has 1 amide bonds. The van der Waals surface area contributed by atoms with Gasteiger partial charge >= 0.3 is 0 Å². The van der Waals surface area contributed by atoms with Crippen LogP contribution in [-0.4, -0.2) is 30.4 Å². The van der Waals surface area contributed by atoms with E-state index in [0.717, 1.165) is 25.6 Å². The van der Waals surface area contributed by atoms with Crippen LogP contribution in [0.1, 0.15) is 26.2 Å². The molecule has 20 heavy (non-hydrogen) atoms. The van der Waals surface area contributed by atoms with Crippen molar-refractivity contribution in [1.29, 1.82) is 0 Å². The minimum atomic E-state index is -0.0161. The molecule has 5 heteroatoms. The van der Waals surface area contributed by atoms with Gasteiger partial charge < -0.3 is 16.0 Å². The van der Waals surface area contributed by atoms with Crippen molar-refractivity contribution in [3.63, 3.8) is 0 Å². The van der Waals surface area contributed by atoms with E-state index in [9.17, 15) is 4.79 Å². The van der Waals surface area contributed by atoms with E-state index < -0.39 is 0 Å². The lowest BCUT2D eigenvalue weighted by molar-refractivity contribution is -0.116. The number of rotatable bonds is 4. The summed E-state index contributed by atoms with van der Waals surface area (Å²) in [4.78, 5) is 14.3. The molecule has 2 rings (SSSR count). The number of nitrogens with one attached hydrogen (secondary N) is 1. The fourth-order valence-electron chi connectivity index (χ4n) is 2.39. The first-order chi connectivity index (χ1) is 9.54. The number of hydrogen-bond donors (Lipinski definition) is 2. The van der Waals surface area contributed by atoms with E-state index in [2.05, 4.69) is 17.1 Å². The van der Waals surface area contributed by atoms with Gasteiger partial charge in [0, 0.05) is 18.0 Å². The number of nitrogens with zero attached hydrogens (tertiary/aromatic N) is 1. The highest BCUT2D eigenvalue weighted by molar-refractivity contribution is 6.31. The van der Waals surface area contributed by atoms with Crippen molar-refractivity contribution >= 4 is 28.9 Å². The van der Waals surface area contributed by atoms with Crippen molar-refractivity contribution in [3.8, 4) is 0 Å². The Morgan fingerprint density at radius 1 is 1.45 bits per heavy atom. The Labute approximate surface area is 125 Å². The molecule has 1 fully saturated rings. The van der Waals surface area contributed by atoms with Crippen LogP contribution >= 0.6 is 11.6 Å². The second kappa shape index (κ2) is 6.95. The molecular formula is C15H22ClN3O. The van der Waals surface area contributed by atoms with Crippen molar-refractivity contribution in [1.82, 2.24) is 4.90 Å². The van der Waals surface area contributed by atoms with Gasteiger partial charge in [-0.1, -0.05) is 18.5 Å². The fraction of sp³-hybridized carbons (Fsp3) is 0.533. The van der Waals surface area contributed by atoms with E-state index >= 15 is 0 Å². The summed E-state index contributed by atoms with van der Waals surface area (Å²) in [5.41, 5.74) is 6.94. The zero-order chi connectivity index (χ0) is 14.5. The van der Waals surface area contributed by atoms with E-state index in [0.29, 0.717) is 22.8 Å². The number of halogens is 1. The van der Waals surface area contributed by atoms with Gasteiger partial charge in [-0.15, -0.1) is 0 Å². The zero-order valence-electron chi connectivity index (χ0n) is 11.9. The van der Waals surface area contributed by atoms with Gasteiger partial charge in [0.25, 0.3) is 0 Å². The number of anilines is 2. The Kier molecular flexibility index (Phi) is 5.26. The molecule has 1 aliphatic rings. The van der Waals surface area contributed by atoms with Gasteiger partial charge in [-0.2, -0.15) is 0 Å². The minimum Gasteiger partial charge on any atom is -0.397 e. The van der Waals surface area contributed by atoms with Crippen molar-refractivity contribution in [2.75, 3.05) is 30.7 Å². The summed E-state index contributed by atoms with van der Waals surface area (Å²) in [7, 11) is 0. The van der Waals surface area contributed by atoms with Gasteiger partial charge in [-0.3, -0.25) is 4.79 Å². The van der Waals surface area contributed by atoms with Crippen LogP contribution in [0.5, 0.6) is 0 Å². The van der Waals surface area contributed by atoms with Gasteiger partial charge in [0.05, 0.1) is 11.4 Å². The summed E-state index contributed by atoms with van der Waals surface area (Å²) in [6, 6.07) is 5.09. The van der Waals surface area contributed by atoms with Gasteiger partial charge in [-0.25, -0.2) is 0 Å². The fourth-order valence-corrected chi connectivity index (χ4v) is 2.57. The number of nitrogens with two attached hydrogens (primary N) is 1. The summed E-state index contributed by atoms with van der Waals surface area (Å²) in [6.07, 6.45) is 2.94. The van der Waals surface area contributed by atoms with Gasteiger partial charge in [0.15, 0.2) is 0 Å². The Bertz CT molecular complexity index is 470. The highest BCUT2D eigenvalue weighted by Crippen LogP contribution is 2.23. The number of carbonyl (C=O) groups excluding carboxylic acids is 1. The molecule has 0 aliphatic carbocycles. The maximum atomic E-state index is 11.9. The van der Waals surface area contributed by atoms with Crippen LogP contribution in [0.15, 0.2) is 18.2 Å². The van der Waals surface area contributed by atoms with E-state index in [1.54, 1.807) is 18.2 Å². The third kappa shape index (κ3) is 4.39. The summed E-state index contributed by atoms with van der Waals surface area (Å²) in [5.74, 6) is 0.795. The van der Waals surface area contributed by atoms with Crippen LogP contribution in [0.3, 0.4) is 0 Å². The largest absolute Gasteiger partial charge is 0.397 e. The lowest BCUT2D eigenvalue weighted by atomic mass is 9.99. The van der Waals surface area contributed by atoms with Gasteiger partial charge in [-0.05, 0) is 50.0 Å². The average molecular weight is 296 g/mol. The standard InChI is InChI=1S/C15H22ClN3O/c1-11-4-7-19(8-5-11)9-6-15(20)18-14-10-12(16)2-3-13(14)17/h2-3,10-11H,4-9,17H2,1H3,(H,18,20). The molecule has 0 radical (unpaired) electrons. The molecule has 0 saturated carbocycles. The van der Waals surface area contributed by atoms with Crippen LogP contribution in [0.25, 0.3) is 0 Å². The number of hydrogen-bond acceptors (Lipinski definition) is 3. The van der Waals surface area contributed by atoms with Crippen molar-refractivity contribution in [2.24, 2.45) is 5.92 Å². The molecule has 1 aliphatic heterocycles. The van der Waals surface area contributed by atoms with Crippen LogP contribution in [-0.2, 0) is 4.79 Å². The van der Waals surface area contributed by atoms with Crippen LogP contribution in [0, 0.1) is 5.92 Å². The summed E-state index contributed by atoms with van der Waals surface area (Å²) >= 11 is 5.90. The number of likely N-dealkylation sites (tertiary alicyclic amines) is 1. The Hall–Kier alpha value is -1.26. The first-order valence-corrected chi connectivity index (χ1v) is 7.49. The molecule has 4 nitrogen and oxygen atoms in total. The molecule has 1 aromatic rings. The van der Waals surface area contributed by atoms with E-state index in [1.165, 1.54) is 12.8 Å². The summed E-state index contributed by atoms with van der Waals surface area (Å²) < 4.78 is 0. The van der Waals surface area contributed by atoms with Gasteiger partial charge in [0.2, 0.25) is 5.91 Å². The van der Waals surface area contributed by atoms with E-state index in [-0.39, 0.29) is 5.91 Å². The van der Waals surface area contributed by atoms with Crippen LogP contribution in [0.2, 0.25) is 5.02 Å². The number of carbonyl (C=O) groups is 1. The van der Waals surface area contributed by atoms with E-state index in [4.69, 9.17) is 17.3 Å². The Morgan fingerprint density at radius 2 is 2.15 bits per heavy atom. The molecule has 0 bridgehead atoms. The predicted molar refractivity (Wildman–Crippen MR) is 83.9 cm³/mol. The second-order valence-electron chi connectivity index (χ2n) is 5.55. The average Bonchev–Trinajstić information content (AvgIpc) is 2.42. The lowest BCUT2D eigenvalue weighted by Crippen LogP contribution is -2.35. The lowest BCUT2D eigenvalue weighted by Gasteiger charge is -2.29. The molecule has 1 saturated heterocycles. The highest BCUT2D eigenvalue weighted by Gasteiger charge is 2.16. The van der Waals surface area contributed by atoms with Crippen LogP contribution < -0.4 is 11.1 Å². The molecule has 0 spiro atoms. The normalized spacial score (nSPS) is 17.1. The Balaban J connectivity index is 1.79. The van der Waals surface area contributed by atoms with Crippen molar-refractivity contribution in [2.45, 2.75) is 26.2 Å². The third-order valence-electron chi connectivity index (χ3n) is 3.82. The van der Waals surface area contributed by atoms with E-state index in [1.807, 2.05) is 0 Å². The summed E-state index contributed by atoms with van der Waals surface area (Å²) in [5, 5.41) is 3.39. The topological polar surface area (TPSA) is 58.4 Å². The molecule has 0 atom stereocenters. The molecule has 0 unspecified atom stereocenters. The zero-order valence-corrected chi connectivity index (χ0v) is 12.6. The smallest absolute Gasteiger partial charge is 0.225 e. The quantitative estimate of drug-likeness (QED) is 0.840. The number of amides is 1. The molecular weight excluding hydrogens is 274 g/mol. The predicted octanol–water partition coefficient (Wildman–Crippen LogP) is 2.98. The number of piperidine rings is 1. The third-order valence-corrected chi connectivity index (χ3v) is 4.06. The number of nitrogen functional groups attached to an aromatic ring is 1. The maximum Gasteiger partial charge on any atom is 0.225 e. The minimum absolute atomic E-state index is 0.0161. The van der Waals surface area contributed by atoms with Crippen molar-refractivity contribution < 1.29 is 4.79 Å².